The monoisotopic (exact) mass is 281 g/mol. The predicted molar refractivity (Wildman–Crippen MR) is 79.5 cm³/mol. The SMILES string of the molecule is CSc1ccc(SC(=O)NC2CCCCC2)cc1. The van der Waals surface area contributed by atoms with Gasteiger partial charge in [-0.3, -0.25) is 4.79 Å². The molecule has 0 unspecified atom stereocenters. The third-order valence-corrected chi connectivity index (χ3v) is 4.75. The Hall–Kier alpha value is -0.610. The van der Waals surface area contributed by atoms with Gasteiger partial charge in [-0.25, -0.2) is 0 Å². The molecule has 1 fully saturated rings. The highest BCUT2D eigenvalue weighted by atomic mass is 32.2. The molecule has 2 nitrogen and oxygen atoms in total. The molecule has 0 radical (unpaired) electrons. The third-order valence-electron chi connectivity index (χ3n) is 3.20. The lowest BCUT2D eigenvalue weighted by Crippen LogP contribution is -2.33. The lowest BCUT2D eigenvalue weighted by Gasteiger charge is -2.22. The van der Waals surface area contributed by atoms with Crippen LogP contribution in [0.2, 0.25) is 0 Å². The van der Waals surface area contributed by atoms with E-state index < -0.39 is 0 Å². The Morgan fingerprint density at radius 2 is 1.72 bits per heavy atom. The lowest BCUT2D eigenvalue weighted by molar-refractivity contribution is 0.253. The predicted octanol–water partition coefficient (Wildman–Crippen LogP) is 4.54. The van der Waals surface area contributed by atoms with Crippen LogP contribution in [0.5, 0.6) is 0 Å². The van der Waals surface area contributed by atoms with E-state index in [1.54, 1.807) is 11.8 Å². The molecule has 4 heteroatoms. The van der Waals surface area contributed by atoms with Crippen molar-refractivity contribution in [2.45, 2.75) is 47.9 Å². The topological polar surface area (TPSA) is 29.1 Å². The van der Waals surface area contributed by atoms with Crippen LogP contribution >= 0.6 is 23.5 Å². The molecule has 2 rings (SSSR count). The fourth-order valence-corrected chi connectivity index (χ4v) is 3.31. The Morgan fingerprint density at radius 3 is 2.33 bits per heavy atom. The summed E-state index contributed by atoms with van der Waals surface area (Å²) in [5, 5.41) is 3.20. The molecule has 1 aromatic rings. The molecule has 1 aromatic carbocycles. The van der Waals surface area contributed by atoms with Crippen LogP contribution in [0.25, 0.3) is 0 Å². The van der Waals surface area contributed by atoms with Gasteiger partial charge in [-0.15, -0.1) is 11.8 Å². The summed E-state index contributed by atoms with van der Waals surface area (Å²) >= 11 is 3.01. The van der Waals surface area contributed by atoms with Crippen molar-refractivity contribution in [1.82, 2.24) is 5.32 Å². The maximum atomic E-state index is 11.9. The molecule has 0 atom stereocenters. The lowest BCUT2D eigenvalue weighted by atomic mass is 9.96. The van der Waals surface area contributed by atoms with Crippen molar-refractivity contribution >= 4 is 28.8 Å². The second-order valence-corrected chi connectivity index (χ2v) is 6.47. The van der Waals surface area contributed by atoms with E-state index in [0.717, 1.165) is 17.7 Å². The molecule has 1 aliphatic carbocycles. The number of carbonyl (C=O) groups excluding carboxylic acids is 1. The van der Waals surface area contributed by atoms with Gasteiger partial charge in [0.25, 0.3) is 5.24 Å². The van der Waals surface area contributed by atoms with Crippen LogP contribution in [-0.2, 0) is 0 Å². The molecule has 0 bridgehead atoms. The van der Waals surface area contributed by atoms with Crippen molar-refractivity contribution < 1.29 is 4.79 Å². The number of hydrogen-bond acceptors (Lipinski definition) is 3. The minimum absolute atomic E-state index is 0.0822. The van der Waals surface area contributed by atoms with Crippen LogP contribution in [0.3, 0.4) is 0 Å². The van der Waals surface area contributed by atoms with Crippen LogP contribution in [0.4, 0.5) is 4.79 Å². The Bertz CT molecular complexity index is 385. The summed E-state index contributed by atoms with van der Waals surface area (Å²) in [6.07, 6.45) is 8.14. The molecule has 1 N–H and O–H groups in total. The maximum absolute atomic E-state index is 11.9. The summed E-state index contributed by atoms with van der Waals surface area (Å²) in [7, 11) is 0. The molecule has 0 spiro atoms. The number of hydrogen-bond donors (Lipinski definition) is 1. The van der Waals surface area contributed by atoms with Gasteiger partial charge in [-0.05, 0) is 55.1 Å². The second kappa shape index (κ2) is 7.10. The zero-order valence-electron chi connectivity index (χ0n) is 10.6. The third kappa shape index (κ3) is 4.25. The van der Waals surface area contributed by atoms with E-state index >= 15 is 0 Å². The summed E-state index contributed by atoms with van der Waals surface area (Å²) in [6, 6.07) is 8.53. The second-order valence-electron chi connectivity index (χ2n) is 4.54. The number of carbonyl (C=O) groups is 1. The van der Waals surface area contributed by atoms with Crippen molar-refractivity contribution in [3.05, 3.63) is 24.3 Å². The highest BCUT2D eigenvalue weighted by Gasteiger charge is 2.16. The molecule has 1 saturated carbocycles. The largest absolute Gasteiger partial charge is 0.344 e. The number of benzene rings is 1. The van der Waals surface area contributed by atoms with E-state index in [1.807, 2.05) is 12.1 Å². The summed E-state index contributed by atoms with van der Waals surface area (Å²) in [6.45, 7) is 0. The summed E-state index contributed by atoms with van der Waals surface area (Å²) < 4.78 is 0. The molecule has 98 valence electrons. The van der Waals surface area contributed by atoms with Gasteiger partial charge in [-0.1, -0.05) is 19.3 Å². The first-order valence-electron chi connectivity index (χ1n) is 6.40. The molecule has 18 heavy (non-hydrogen) atoms. The number of rotatable bonds is 3. The van der Waals surface area contributed by atoms with Gasteiger partial charge in [0.05, 0.1) is 0 Å². The molecule has 0 aliphatic heterocycles. The zero-order valence-corrected chi connectivity index (χ0v) is 12.3. The standard InChI is InChI=1S/C14H19NOS2/c1-17-12-7-9-13(10-8-12)18-14(16)15-11-5-3-2-4-6-11/h7-11H,2-6H2,1H3,(H,15,16). The average molecular weight is 281 g/mol. The number of nitrogens with one attached hydrogen (secondary N) is 1. The van der Waals surface area contributed by atoms with E-state index in [1.165, 1.54) is 35.9 Å². The number of amides is 1. The van der Waals surface area contributed by atoms with Gasteiger partial charge in [0.2, 0.25) is 0 Å². The summed E-state index contributed by atoms with van der Waals surface area (Å²) in [5.74, 6) is 0. The smallest absolute Gasteiger partial charge is 0.284 e. The first-order valence-corrected chi connectivity index (χ1v) is 8.44. The highest BCUT2D eigenvalue weighted by Crippen LogP contribution is 2.24. The fourth-order valence-electron chi connectivity index (χ4n) is 2.19. The van der Waals surface area contributed by atoms with Crippen molar-refractivity contribution in [2.75, 3.05) is 6.26 Å². The van der Waals surface area contributed by atoms with Gasteiger partial charge in [0.1, 0.15) is 0 Å². The van der Waals surface area contributed by atoms with E-state index in [2.05, 4.69) is 23.7 Å². The Balaban J connectivity index is 1.82. The van der Waals surface area contributed by atoms with E-state index in [4.69, 9.17) is 0 Å². The Morgan fingerprint density at radius 1 is 1.11 bits per heavy atom. The zero-order chi connectivity index (χ0) is 12.8. The molecule has 1 aliphatic rings. The van der Waals surface area contributed by atoms with Gasteiger partial charge in [0.15, 0.2) is 0 Å². The summed E-state index contributed by atoms with van der Waals surface area (Å²) in [5.41, 5.74) is 0. The molecule has 0 aromatic heterocycles. The van der Waals surface area contributed by atoms with Crippen LogP contribution in [0.1, 0.15) is 32.1 Å². The van der Waals surface area contributed by atoms with Gasteiger partial charge in [-0.2, -0.15) is 0 Å². The minimum Gasteiger partial charge on any atom is -0.344 e. The van der Waals surface area contributed by atoms with Crippen molar-refractivity contribution in [1.29, 1.82) is 0 Å². The average Bonchev–Trinajstić information content (AvgIpc) is 2.40. The van der Waals surface area contributed by atoms with Crippen molar-refractivity contribution in [3.8, 4) is 0 Å². The van der Waals surface area contributed by atoms with Crippen LogP contribution < -0.4 is 5.32 Å². The minimum atomic E-state index is 0.0822. The molecule has 1 amide bonds. The van der Waals surface area contributed by atoms with Crippen LogP contribution in [-0.4, -0.2) is 17.5 Å². The Labute approximate surface area is 117 Å². The number of thioether (sulfide) groups is 2. The van der Waals surface area contributed by atoms with Crippen molar-refractivity contribution in [2.24, 2.45) is 0 Å². The van der Waals surface area contributed by atoms with E-state index in [0.29, 0.717) is 6.04 Å². The van der Waals surface area contributed by atoms with Crippen LogP contribution in [0.15, 0.2) is 34.1 Å². The highest BCUT2D eigenvalue weighted by molar-refractivity contribution is 8.13. The first-order chi connectivity index (χ1) is 8.78. The normalized spacial score (nSPS) is 16.5. The van der Waals surface area contributed by atoms with Crippen LogP contribution in [0, 0.1) is 0 Å². The summed E-state index contributed by atoms with van der Waals surface area (Å²) in [4.78, 5) is 14.1. The quantitative estimate of drug-likeness (QED) is 0.825. The van der Waals surface area contributed by atoms with Gasteiger partial charge in [0, 0.05) is 15.8 Å². The van der Waals surface area contributed by atoms with Gasteiger partial charge >= 0.3 is 0 Å². The molecule has 0 saturated heterocycles. The molecule has 0 heterocycles. The van der Waals surface area contributed by atoms with Crippen molar-refractivity contribution in [3.63, 3.8) is 0 Å². The Kier molecular flexibility index (Phi) is 5.45. The van der Waals surface area contributed by atoms with Gasteiger partial charge < -0.3 is 5.32 Å². The fraction of sp³-hybridized carbons (Fsp3) is 0.500. The van der Waals surface area contributed by atoms with E-state index in [9.17, 15) is 4.79 Å². The van der Waals surface area contributed by atoms with E-state index in [-0.39, 0.29) is 5.24 Å². The molecular weight excluding hydrogens is 262 g/mol. The first kappa shape index (κ1) is 13.8. The molecular formula is C14H19NOS2. The maximum Gasteiger partial charge on any atom is 0.284 e.